The summed E-state index contributed by atoms with van der Waals surface area (Å²) in [4.78, 5) is 56.0. The van der Waals surface area contributed by atoms with Gasteiger partial charge in [0.15, 0.2) is 0 Å². The number of nitrogens with one attached hydrogen (secondary N) is 2. The SMILES string of the molecule is COCCN1CCCC2(CCN(C(=O)c3cc(=O)[nH]c(=O)[nH]3)C2)C1=O. The number of amides is 2. The molecule has 2 fully saturated rings. The molecule has 9 nitrogen and oxygen atoms in total. The second-order valence-electron chi connectivity index (χ2n) is 6.65. The van der Waals surface area contributed by atoms with Gasteiger partial charge in [0, 0.05) is 39.4 Å². The van der Waals surface area contributed by atoms with Gasteiger partial charge in [-0.1, -0.05) is 0 Å². The van der Waals surface area contributed by atoms with Crippen LogP contribution in [0.2, 0.25) is 0 Å². The van der Waals surface area contributed by atoms with Crippen LogP contribution in [-0.4, -0.2) is 71.5 Å². The largest absolute Gasteiger partial charge is 0.383 e. The Morgan fingerprint density at radius 3 is 2.76 bits per heavy atom. The summed E-state index contributed by atoms with van der Waals surface area (Å²) in [6, 6.07) is 1.07. The zero-order valence-corrected chi connectivity index (χ0v) is 14.2. The lowest BCUT2D eigenvalue weighted by atomic mass is 9.78. The number of hydrogen-bond donors (Lipinski definition) is 2. The predicted molar refractivity (Wildman–Crippen MR) is 88.3 cm³/mol. The molecule has 2 N–H and O–H groups in total. The molecule has 2 amide bonds. The van der Waals surface area contributed by atoms with E-state index in [1.54, 1.807) is 16.9 Å². The molecule has 136 valence electrons. The van der Waals surface area contributed by atoms with Crippen LogP contribution in [0.1, 0.15) is 29.8 Å². The summed E-state index contributed by atoms with van der Waals surface area (Å²) in [5.74, 6) is -0.368. The Kier molecular flexibility index (Phi) is 4.76. The molecule has 0 radical (unpaired) electrons. The quantitative estimate of drug-likeness (QED) is 0.735. The van der Waals surface area contributed by atoms with Crippen molar-refractivity contribution in [2.24, 2.45) is 5.41 Å². The molecule has 3 rings (SSSR count). The van der Waals surface area contributed by atoms with Gasteiger partial charge in [-0.2, -0.15) is 0 Å². The topological polar surface area (TPSA) is 116 Å². The zero-order valence-electron chi connectivity index (χ0n) is 14.2. The maximum absolute atomic E-state index is 12.9. The van der Waals surface area contributed by atoms with Crippen molar-refractivity contribution in [2.45, 2.75) is 19.3 Å². The maximum atomic E-state index is 12.9. The number of nitrogens with zero attached hydrogens (tertiary/aromatic N) is 2. The summed E-state index contributed by atoms with van der Waals surface area (Å²) in [6.07, 6.45) is 2.22. The first kappa shape index (κ1) is 17.4. The lowest BCUT2D eigenvalue weighted by Gasteiger charge is -2.39. The minimum absolute atomic E-state index is 0.0507. The van der Waals surface area contributed by atoms with Crippen molar-refractivity contribution in [1.82, 2.24) is 19.8 Å². The number of aromatic nitrogens is 2. The van der Waals surface area contributed by atoms with Crippen LogP contribution in [0.4, 0.5) is 0 Å². The van der Waals surface area contributed by atoms with E-state index in [4.69, 9.17) is 4.74 Å². The maximum Gasteiger partial charge on any atom is 0.326 e. The van der Waals surface area contributed by atoms with Crippen LogP contribution in [0.15, 0.2) is 15.7 Å². The van der Waals surface area contributed by atoms with E-state index in [0.717, 1.165) is 18.9 Å². The van der Waals surface area contributed by atoms with Gasteiger partial charge in [-0.05, 0) is 19.3 Å². The summed E-state index contributed by atoms with van der Waals surface area (Å²) in [7, 11) is 1.60. The van der Waals surface area contributed by atoms with Crippen LogP contribution in [0, 0.1) is 5.41 Å². The Hall–Kier alpha value is -2.42. The highest BCUT2D eigenvalue weighted by Crippen LogP contribution is 2.40. The molecule has 1 aromatic rings. The van der Waals surface area contributed by atoms with Crippen LogP contribution in [-0.2, 0) is 9.53 Å². The van der Waals surface area contributed by atoms with Gasteiger partial charge >= 0.3 is 5.69 Å². The van der Waals surface area contributed by atoms with Crippen molar-refractivity contribution in [2.75, 3.05) is 39.9 Å². The Bertz CT molecular complexity index is 757. The number of methoxy groups -OCH3 is 1. The van der Waals surface area contributed by atoms with Crippen molar-refractivity contribution in [3.63, 3.8) is 0 Å². The van der Waals surface area contributed by atoms with Gasteiger partial charge in [0.25, 0.3) is 11.5 Å². The number of H-pyrrole nitrogens is 2. The van der Waals surface area contributed by atoms with Crippen LogP contribution in [0.3, 0.4) is 0 Å². The van der Waals surface area contributed by atoms with Crippen LogP contribution in [0.5, 0.6) is 0 Å². The second-order valence-corrected chi connectivity index (χ2v) is 6.65. The van der Waals surface area contributed by atoms with Gasteiger partial charge in [0.2, 0.25) is 5.91 Å². The molecular formula is C16H22N4O5. The van der Waals surface area contributed by atoms with Crippen molar-refractivity contribution in [1.29, 1.82) is 0 Å². The number of likely N-dealkylation sites (tertiary alicyclic amines) is 2. The molecule has 0 saturated carbocycles. The number of rotatable bonds is 4. The minimum atomic E-state index is -0.718. The summed E-state index contributed by atoms with van der Waals surface area (Å²) >= 11 is 0. The molecule has 2 aliphatic heterocycles. The predicted octanol–water partition coefficient (Wildman–Crippen LogP) is -0.836. The molecule has 0 aromatic carbocycles. The lowest BCUT2D eigenvalue weighted by Crippen LogP contribution is -2.51. The first-order valence-corrected chi connectivity index (χ1v) is 8.36. The van der Waals surface area contributed by atoms with Crippen molar-refractivity contribution < 1.29 is 14.3 Å². The third-order valence-corrected chi connectivity index (χ3v) is 5.02. The molecule has 0 bridgehead atoms. The van der Waals surface area contributed by atoms with E-state index in [9.17, 15) is 19.2 Å². The molecule has 9 heteroatoms. The van der Waals surface area contributed by atoms with Crippen LogP contribution in [0.25, 0.3) is 0 Å². The van der Waals surface area contributed by atoms with E-state index in [1.807, 2.05) is 4.98 Å². The minimum Gasteiger partial charge on any atom is -0.383 e. The highest BCUT2D eigenvalue weighted by atomic mass is 16.5. The molecule has 2 saturated heterocycles. The molecule has 25 heavy (non-hydrogen) atoms. The first-order chi connectivity index (χ1) is 11.9. The van der Waals surface area contributed by atoms with E-state index >= 15 is 0 Å². The lowest BCUT2D eigenvalue weighted by molar-refractivity contribution is -0.146. The Labute approximate surface area is 144 Å². The second kappa shape index (κ2) is 6.83. The standard InChI is InChI=1S/C16H22N4O5/c1-25-8-7-19-5-2-3-16(14(19)23)4-6-20(10-16)13(22)11-9-12(21)18-15(24)17-11/h9H,2-8,10H2,1H3,(H2,17,18,21,24). The number of aromatic amines is 2. The third kappa shape index (κ3) is 3.37. The third-order valence-electron chi connectivity index (χ3n) is 5.02. The zero-order chi connectivity index (χ0) is 18.0. The van der Waals surface area contributed by atoms with E-state index in [1.165, 1.54) is 0 Å². The smallest absolute Gasteiger partial charge is 0.326 e. The van der Waals surface area contributed by atoms with Gasteiger partial charge < -0.3 is 19.5 Å². The molecule has 3 heterocycles. The van der Waals surface area contributed by atoms with Crippen molar-refractivity contribution in [3.8, 4) is 0 Å². The highest BCUT2D eigenvalue weighted by Gasteiger charge is 2.49. The first-order valence-electron chi connectivity index (χ1n) is 8.36. The Balaban J connectivity index is 1.76. The summed E-state index contributed by atoms with van der Waals surface area (Å²) < 4.78 is 5.06. The van der Waals surface area contributed by atoms with E-state index in [2.05, 4.69) is 4.98 Å². The van der Waals surface area contributed by atoms with Gasteiger partial charge in [-0.15, -0.1) is 0 Å². The number of carbonyl (C=O) groups is 2. The van der Waals surface area contributed by atoms with Crippen molar-refractivity contribution >= 4 is 11.8 Å². The Morgan fingerprint density at radius 1 is 1.24 bits per heavy atom. The number of carbonyl (C=O) groups excluding carboxylic acids is 2. The molecule has 0 aliphatic carbocycles. The summed E-state index contributed by atoms with van der Waals surface area (Å²) in [5.41, 5.74) is -1.96. The van der Waals surface area contributed by atoms with Crippen LogP contribution < -0.4 is 11.2 Å². The fourth-order valence-electron chi connectivity index (χ4n) is 3.75. The summed E-state index contributed by atoms with van der Waals surface area (Å²) in [6.45, 7) is 2.48. The van der Waals surface area contributed by atoms with Gasteiger partial charge in [0.05, 0.1) is 12.0 Å². The monoisotopic (exact) mass is 350 g/mol. The molecular weight excluding hydrogens is 328 g/mol. The van der Waals surface area contributed by atoms with E-state index in [-0.39, 0.29) is 11.6 Å². The van der Waals surface area contributed by atoms with Gasteiger partial charge in [-0.3, -0.25) is 19.4 Å². The summed E-state index contributed by atoms with van der Waals surface area (Å²) in [5, 5.41) is 0. The van der Waals surface area contributed by atoms with Gasteiger partial charge in [-0.25, -0.2) is 4.79 Å². The number of piperidine rings is 1. The average molecular weight is 350 g/mol. The van der Waals surface area contributed by atoms with Gasteiger partial charge in [0.1, 0.15) is 5.69 Å². The normalized spacial score (nSPS) is 23.5. The number of hydrogen-bond acceptors (Lipinski definition) is 5. The Morgan fingerprint density at radius 2 is 2.04 bits per heavy atom. The van der Waals surface area contributed by atoms with E-state index in [0.29, 0.717) is 39.2 Å². The average Bonchev–Trinajstić information content (AvgIpc) is 3.00. The molecule has 1 aromatic heterocycles. The van der Waals surface area contributed by atoms with E-state index < -0.39 is 22.6 Å². The molecule has 1 unspecified atom stereocenters. The molecule has 1 spiro atoms. The fourth-order valence-corrected chi connectivity index (χ4v) is 3.75. The molecule has 1 atom stereocenters. The van der Waals surface area contributed by atoms with Crippen molar-refractivity contribution in [3.05, 3.63) is 32.6 Å². The van der Waals surface area contributed by atoms with Crippen LogP contribution >= 0.6 is 0 Å². The number of ether oxygens (including phenoxy) is 1. The molecule has 2 aliphatic rings. The fraction of sp³-hybridized carbons (Fsp3) is 0.625. The highest BCUT2D eigenvalue weighted by molar-refractivity contribution is 5.93.